The van der Waals surface area contributed by atoms with E-state index in [9.17, 15) is 4.79 Å². The van der Waals surface area contributed by atoms with Crippen molar-refractivity contribution in [2.24, 2.45) is 11.7 Å². The van der Waals surface area contributed by atoms with Crippen LogP contribution in [0.25, 0.3) is 11.0 Å². The van der Waals surface area contributed by atoms with Crippen molar-refractivity contribution in [3.05, 3.63) is 17.6 Å². The number of amides is 1. The molecule has 2 fully saturated rings. The molecule has 1 saturated carbocycles. The summed E-state index contributed by atoms with van der Waals surface area (Å²) in [5, 5.41) is 1.15. The molecule has 1 atom stereocenters. The smallest absolute Gasteiger partial charge is 0.222 e. The maximum absolute atomic E-state index is 11.7. The fraction of sp³-hybridized carbons (Fsp3) is 0.632. The van der Waals surface area contributed by atoms with Crippen molar-refractivity contribution >= 4 is 22.8 Å². The standard InChI is InChI=1S/C19H27N5O/c1-12-13(2)24(15-7-3-4-8-15)19-16(12)18(21-11-22-19)23-9-5-6-14(10-23)17(20)25/h11,14-15H,3-10H2,1-2H3,(H2,20,25). The summed E-state index contributed by atoms with van der Waals surface area (Å²) < 4.78 is 2.43. The van der Waals surface area contributed by atoms with Crippen LogP contribution in [0.2, 0.25) is 0 Å². The minimum Gasteiger partial charge on any atom is -0.369 e. The number of aromatic nitrogens is 3. The van der Waals surface area contributed by atoms with Crippen LogP contribution < -0.4 is 10.6 Å². The topological polar surface area (TPSA) is 77.0 Å². The lowest BCUT2D eigenvalue weighted by molar-refractivity contribution is -0.122. The molecule has 0 radical (unpaired) electrons. The number of nitrogens with two attached hydrogens (primary N) is 1. The Morgan fingerprint density at radius 3 is 2.64 bits per heavy atom. The molecule has 0 bridgehead atoms. The molecule has 0 spiro atoms. The lowest BCUT2D eigenvalue weighted by Crippen LogP contribution is -2.41. The number of hydrogen-bond donors (Lipinski definition) is 1. The zero-order valence-corrected chi connectivity index (χ0v) is 15.2. The third-order valence-electron chi connectivity index (χ3n) is 6.13. The molecule has 134 valence electrons. The van der Waals surface area contributed by atoms with Gasteiger partial charge in [0.15, 0.2) is 0 Å². The summed E-state index contributed by atoms with van der Waals surface area (Å²) in [5.41, 5.74) is 9.17. The van der Waals surface area contributed by atoms with Gasteiger partial charge in [0.2, 0.25) is 5.91 Å². The quantitative estimate of drug-likeness (QED) is 0.931. The van der Waals surface area contributed by atoms with Gasteiger partial charge in [-0.3, -0.25) is 4.79 Å². The molecule has 6 heteroatoms. The highest BCUT2D eigenvalue weighted by Crippen LogP contribution is 2.38. The molecule has 4 rings (SSSR count). The molecule has 1 aliphatic carbocycles. The van der Waals surface area contributed by atoms with Crippen molar-refractivity contribution in [2.45, 2.75) is 58.4 Å². The van der Waals surface area contributed by atoms with E-state index in [-0.39, 0.29) is 11.8 Å². The zero-order valence-electron chi connectivity index (χ0n) is 15.2. The van der Waals surface area contributed by atoms with Gasteiger partial charge >= 0.3 is 0 Å². The van der Waals surface area contributed by atoms with Crippen LogP contribution in [0, 0.1) is 19.8 Å². The van der Waals surface area contributed by atoms with E-state index in [0.29, 0.717) is 12.6 Å². The van der Waals surface area contributed by atoms with Crippen molar-refractivity contribution in [1.29, 1.82) is 0 Å². The number of carbonyl (C=O) groups excluding carboxylic acids is 1. The van der Waals surface area contributed by atoms with Crippen molar-refractivity contribution < 1.29 is 4.79 Å². The van der Waals surface area contributed by atoms with Gasteiger partial charge in [-0.05, 0) is 45.1 Å². The number of fused-ring (bicyclic) bond motifs is 1. The van der Waals surface area contributed by atoms with Crippen LogP contribution in [-0.2, 0) is 4.79 Å². The van der Waals surface area contributed by atoms with E-state index in [1.54, 1.807) is 6.33 Å². The molecule has 0 aromatic carbocycles. The second-order valence-electron chi connectivity index (χ2n) is 7.60. The highest BCUT2D eigenvalue weighted by atomic mass is 16.1. The van der Waals surface area contributed by atoms with Crippen LogP contribution in [0.15, 0.2) is 6.33 Å². The molecule has 2 N–H and O–H groups in total. The van der Waals surface area contributed by atoms with Gasteiger partial charge in [-0.15, -0.1) is 0 Å². The number of carbonyl (C=O) groups is 1. The first-order valence-electron chi connectivity index (χ1n) is 9.44. The van der Waals surface area contributed by atoms with Gasteiger partial charge in [0.25, 0.3) is 0 Å². The molecular formula is C19H27N5O. The molecular weight excluding hydrogens is 314 g/mol. The third-order valence-corrected chi connectivity index (χ3v) is 6.13. The molecule has 1 saturated heterocycles. The number of rotatable bonds is 3. The summed E-state index contributed by atoms with van der Waals surface area (Å²) >= 11 is 0. The summed E-state index contributed by atoms with van der Waals surface area (Å²) in [6.07, 6.45) is 8.59. The largest absolute Gasteiger partial charge is 0.369 e. The SMILES string of the molecule is Cc1c(C)n(C2CCCC2)c2ncnc(N3CCCC(C(N)=O)C3)c12. The fourth-order valence-corrected chi connectivity index (χ4v) is 4.66. The Labute approximate surface area is 148 Å². The summed E-state index contributed by atoms with van der Waals surface area (Å²) in [4.78, 5) is 23.1. The van der Waals surface area contributed by atoms with E-state index in [4.69, 9.17) is 5.73 Å². The van der Waals surface area contributed by atoms with Crippen molar-refractivity contribution in [2.75, 3.05) is 18.0 Å². The Hall–Kier alpha value is -2.11. The Morgan fingerprint density at radius 1 is 1.16 bits per heavy atom. The zero-order chi connectivity index (χ0) is 17.6. The number of hydrogen-bond acceptors (Lipinski definition) is 4. The summed E-state index contributed by atoms with van der Waals surface area (Å²) in [6.45, 7) is 5.95. The van der Waals surface area contributed by atoms with Gasteiger partial charge in [-0.2, -0.15) is 0 Å². The molecule has 2 aromatic heterocycles. The molecule has 25 heavy (non-hydrogen) atoms. The Kier molecular flexibility index (Phi) is 4.13. The normalized spacial score (nSPS) is 22.0. The number of aryl methyl sites for hydroxylation is 1. The number of primary amides is 1. The maximum atomic E-state index is 11.7. The van der Waals surface area contributed by atoms with Crippen molar-refractivity contribution in [1.82, 2.24) is 14.5 Å². The lowest BCUT2D eigenvalue weighted by Gasteiger charge is -2.32. The van der Waals surface area contributed by atoms with E-state index in [1.165, 1.54) is 36.9 Å². The summed E-state index contributed by atoms with van der Waals surface area (Å²) in [5.74, 6) is 0.678. The second-order valence-corrected chi connectivity index (χ2v) is 7.60. The average Bonchev–Trinajstić information content (AvgIpc) is 3.22. The van der Waals surface area contributed by atoms with Crippen molar-refractivity contribution in [3.8, 4) is 0 Å². The van der Waals surface area contributed by atoms with Crippen LogP contribution in [0.3, 0.4) is 0 Å². The van der Waals surface area contributed by atoms with Gasteiger partial charge in [-0.1, -0.05) is 12.8 Å². The highest BCUT2D eigenvalue weighted by Gasteiger charge is 2.29. The molecule has 2 aromatic rings. The average molecular weight is 341 g/mol. The van der Waals surface area contributed by atoms with E-state index in [0.717, 1.165) is 36.2 Å². The first kappa shape index (κ1) is 16.4. The van der Waals surface area contributed by atoms with Gasteiger partial charge in [0, 0.05) is 24.8 Å². The predicted molar refractivity (Wildman–Crippen MR) is 98.6 cm³/mol. The predicted octanol–water partition coefficient (Wildman–Crippen LogP) is 2.86. The van der Waals surface area contributed by atoms with Gasteiger partial charge < -0.3 is 15.2 Å². The minimum absolute atomic E-state index is 0.0860. The number of nitrogens with zero attached hydrogens (tertiary/aromatic N) is 4. The number of anilines is 1. The first-order valence-corrected chi connectivity index (χ1v) is 9.44. The van der Waals surface area contributed by atoms with Crippen LogP contribution in [-0.4, -0.2) is 33.5 Å². The monoisotopic (exact) mass is 341 g/mol. The highest BCUT2D eigenvalue weighted by molar-refractivity contribution is 5.92. The molecule has 3 heterocycles. The van der Waals surface area contributed by atoms with Crippen molar-refractivity contribution in [3.63, 3.8) is 0 Å². The van der Waals surface area contributed by atoms with Gasteiger partial charge in [0.1, 0.15) is 17.8 Å². The van der Waals surface area contributed by atoms with E-state index in [1.807, 2.05) is 0 Å². The molecule has 1 unspecified atom stereocenters. The Bertz CT molecular complexity index is 806. The van der Waals surface area contributed by atoms with Gasteiger partial charge in [0.05, 0.1) is 11.3 Å². The van der Waals surface area contributed by atoms with Crippen LogP contribution in [0.4, 0.5) is 5.82 Å². The molecule has 1 aliphatic heterocycles. The lowest BCUT2D eigenvalue weighted by atomic mass is 9.97. The van der Waals surface area contributed by atoms with Crippen LogP contribution in [0.1, 0.15) is 55.8 Å². The summed E-state index contributed by atoms with van der Waals surface area (Å²) in [6, 6.07) is 0.554. The molecule has 1 amide bonds. The maximum Gasteiger partial charge on any atom is 0.222 e. The summed E-state index contributed by atoms with van der Waals surface area (Å²) in [7, 11) is 0. The molecule has 6 nitrogen and oxygen atoms in total. The second kappa shape index (κ2) is 6.32. The Balaban J connectivity index is 1.80. The fourth-order valence-electron chi connectivity index (χ4n) is 4.66. The molecule has 2 aliphatic rings. The van der Waals surface area contributed by atoms with Gasteiger partial charge in [-0.25, -0.2) is 9.97 Å². The van der Waals surface area contributed by atoms with E-state index >= 15 is 0 Å². The minimum atomic E-state index is -0.202. The Morgan fingerprint density at radius 2 is 1.92 bits per heavy atom. The number of piperidine rings is 1. The third kappa shape index (κ3) is 2.68. The van der Waals surface area contributed by atoms with Crippen LogP contribution in [0.5, 0.6) is 0 Å². The first-order chi connectivity index (χ1) is 12.1. The van der Waals surface area contributed by atoms with E-state index in [2.05, 4.69) is 33.3 Å². The van der Waals surface area contributed by atoms with E-state index < -0.39 is 0 Å². The van der Waals surface area contributed by atoms with Crippen LogP contribution >= 0.6 is 0 Å².